The Bertz CT molecular complexity index is 561. The standard InChI is InChI=1S/C14H10ClF3O/c1-19-10-4-2-8(3-5-10)13(15)9-6-11(16)14(18)12(17)7-9/h2-7,13H,1H3. The normalized spacial score (nSPS) is 12.3. The van der Waals surface area contributed by atoms with E-state index in [1.54, 1.807) is 24.3 Å². The van der Waals surface area contributed by atoms with Gasteiger partial charge in [0.1, 0.15) is 5.75 Å². The van der Waals surface area contributed by atoms with Gasteiger partial charge in [0.2, 0.25) is 0 Å². The van der Waals surface area contributed by atoms with Crippen LogP contribution in [-0.4, -0.2) is 7.11 Å². The van der Waals surface area contributed by atoms with Crippen LogP contribution in [0.15, 0.2) is 36.4 Å². The van der Waals surface area contributed by atoms with E-state index in [2.05, 4.69) is 0 Å². The first kappa shape index (κ1) is 13.7. The Morgan fingerprint density at radius 1 is 0.947 bits per heavy atom. The quantitative estimate of drug-likeness (QED) is 0.599. The smallest absolute Gasteiger partial charge is 0.194 e. The van der Waals surface area contributed by atoms with Crippen molar-refractivity contribution in [1.82, 2.24) is 0 Å². The number of halogens is 4. The second-order valence-electron chi connectivity index (χ2n) is 3.93. The van der Waals surface area contributed by atoms with E-state index in [0.29, 0.717) is 11.3 Å². The summed E-state index contributed by atoms with van der Waals surface area (Å²) in [4.78, 5) is 0. The number of hydrogen-bond acceptors (Lipinski definition) is 1. The van der Waals surface area contributed by atoms with Gasteiger partial charge >= 0.3 is 0 Å². The van der Waals surface area contributed by atoms with Gasteiger partial charge < -0.3 is 4.74 Å². The van der Waals surface area contributed by atoms with Crippen molar-refractivity contribution in [3.8, 4) is 5.75 Å². The zero-order valence-electron chi connectivity index (χ0n) is 9.96. The molecule has 100 valence electrons. The van der Waals surface area contributed by atoms with E-state index in [4.69, 9.17) is 16.3 Å². The maximum atomic E-state index is 13.1. The Kier molecular flexibility index (Phi) is 4.00. The van der Waals surface area contributed by atoms with E-state index in [1.807, 2.05) is 0 Å². The fraction of sp³-hybridized carbons (Fsp3) is 0.143. The van der Waals surface area contributed by atoms with Gasteiger partial charge in [0.15, 0.2) is 17.5 Å². The lowest BCUT2D eigenvalue weighted by atomic mass is 10.0. The van der Waals surface area contributed by atoms with Crippen molar-refractivity contribution in [3.05, 3.63) is 65.0 Å². The van der Waals surface area contributed by atoms with Crippen molar-refractivity contribution in [2.75, 3.05) is 7.11 Å². The number of methoxy groups -OCH3 is 1. The molecule has 0 fully saturated rings. The second kappa shape index (κ2) is 5.53. The maximum absolute atomic E-state index is 13.1. The van der Waals surface area contributed by atoms with Crippen LogP contribution in [0.3, 0.4) is 0 Å². The summed E-state index contributed by atoms with van der Waals surface area (Å²) in [6.45, 7) is 0. The Labute approximate surface area is 113 Å². The van der Waals surface area contributed by atoms with Crippen LogP contribution in [0.25, 0.3) is 0 Å². The molecule has 5 heteroatoms. The molecule has 0 aliphatic carbocycles. The van der Waals surface area contributed by atoms with E-state index in [0.717, 1.165) is 12.1 Å². The lowest BCUT2D eigenvalue weighted by molar-refractivity contribution is 0.414. The summed E-state index contributed by atoms with van der Waals surface area (Å²) in [5.41, 5.74) is 0.788. The molecule has 0 saturated heterocycles. The van der Waals surface area contributed by atoms with Crippen molar-refractivity contribution in [1.29, 1.82) is 0 Å². The fourth-order valence-corrected chi connectivity index (χ4v) is 1.96. The monoisotopic (exact) mass is 286 g/mol. The molecule has 2 aromatic carbocycles. The van der Waals surface area contributed by atoms with Crippen LogP contribution in [0, 0.1) is 17.5 Å². The van der Waals surface area contributed by atoms with Crippen molar-refractivity contribution < 1.29 is 17.9 Å². The zero-order valence-corrected chi connectivity index (χ0v) is 10.7. The lowest BCUT2D eigenvalue weighted by Crippen LogP contribution is -1.99. The molecule has 0 bridgehead atoms. The molecule has 0 aromatic heterocycles. The molecular weight excluding hydrogens is 277 g/mol. The number of rotatable bonds is 3. The van der Waals surface area contributed by atoms with E-state index in [1.165, 1.54) is 7.11 Å². The van der Waals surface area contributed by atoms with Crippen LogP contribution in [0.5, 0.6) is 5.75 Å². The third-order valence-electron chi connectivity index (χ3n) is 2.71. The first-order valence-corrected chi connectivity index (χ1v) is 5.89. The molecule has 1 atom stereocenters. The van der Waals surface area contributed by atoms with E-state index < -0.39 is 22.8 Å². The van der Waals surface area contributed by atoms with E-state index >= 15 is 0 Å². The Morgan fingerprint density at radius 3 is 1.95 bits per heavy atom. The summed E-state index contributed by atoms with van der Waals surface area (Å²) >= 11 is 6.13. The van der Waals surface area contributed by atoms with Gasteiger partial charge in [0.25, 0.3) is 0 Å². The summed E-state index contributed by atoms with van der Waals surface area (Å²) in [5.74, 6) is -3.37. The Morgan fingerprint density at radius 2 is 1.47 bits per heavy atom. The number of hydrogen-bond donors (Lipinski definition) is 0. The van der Waals surface area contributed by atoms with Gasteiger partial charge in [0.05, 0.1) is 12.5 Å². The topological polar surface area (TPSA) is 9.23 Å². The van der Waals surface area contributed by atoms with E-state index in [-0.39, 0.29) is 5.56 Å². The van der Waals surface area contributed by atoms with Crippen molar-refractivity contribution >= 4 is 11.6 Å². The van der Waals surface area contributed by atoms with Crippen LogP contribution in [-0.2, 0) is 0 Å². The summed E-state index contributed by atoms with van der Waals surface area (Å²) in [6, 6.07) is 8.49. The van der Waals surface area contributed by atoms with Crippen molar-refractivity contribution in [3.63, 3.8) is 0 Å². The number of alkyl halides is 1. The first-order chi connectivity index (χ1) is 9.02. The molecule has 0 N–H and O–H groups in total. The Hall–Kier alpha value is -1.68. The van der Waals surface area contributed by atoms with Crippen LogP contribution in [0.2, 0.25) is 0 Å². The molecule has 1 nitrogen and oxygen atoms in total. The highest BCUT2D eigenvalue weighted by molar-refractivity contribution is 6.22. The highest BCUT2D eigenvalue weighted by atomic mass is 35.5. The van der Waals surface area contributed by atoms with Gasteiger partial charge in [0, 0.05) is 0 Å². The van der Waals surface area contributed by atoms with Crippen molar-refractivity contribution in [2.45, 2.75) is 5.38 Å². The predicted molar refractivity (Wildman–Crippen MR) is 67.0 cm³/mol. The molecule has 0 aliphatic heterocycles. The third kappa shape index (κ3) is 2.84. The number of benzene rings is 2. The average Bonchev–Trinajstić information content (AvgIpc) is 2.43. The van der Waals surface area contributed by atoms with Gasteiger partial charge in [-0.05, 0) is 35.4 Å². The highest BCUT2D eigenvalue weighted by Crippen LogP contribution is 2.31. The molecular formula is C14H10ClF3O. The molecule has 0 aliphatic rings. The third-order valence-corrected chi connectivity index (χ3v) is 3.21. The predicted octanol–water partition coefficient (Wildman–Crippen LogP) is 4.44. The molecule has 1 unspecified atom stereocenters. The Balaban J connectivity index is 2.35. The van der Waals surface area contributed by atoms with Gasteiger partial charge in [-0.3, -0.25) is 0 Å². The van der Waals surface area contributed by atoms with Crippen LogP contribution in [0.1, 0.15) is 16.5 Å². The largest absolute Gasteiger partial charge is 0.497 e. The first-order valence-electron chi connectivity index (χ1n) is 5.45. The minimum atomic E-state index is -1.50. The van der Waals surface area contributed by atoms with Crippen molar-refractivity contribution in [2.24, 2.45) is 0 Å². The summed E-state index contributed by atoms with van der Waals surface area (Å²) < 4.78 is 44.1. The molecule has 19 heavy (non-hydrogen) atoms. The zero-order chi connectivity index (χ0) is 14.0. The highest BCUT2D eigenvalue weighted by Gasteiger charge is 2.17. The lowest BCUT2D eigenvalue weighted by Gasteiger charge is -2.11. The molecule has 0 amide bonds. The fourth-order valence-electron chi connectivity index (χ4n) is 1.69. The molecule has 0 radical (unpaired) electrons. The maximum Gasteiger partial charge on any atom is 0.194 e. The minimum Gasteiger partial charge on any atom is -0.497 e. The summed E-state index contributed by atoms with van der Waals surface area (Å²) in [6.07, 6.45) is 0. The molecule has 0 heterocycles. The summed E-state index contributed by atoms with van der Waals surface area (Å²) in [7, 11) is 1.53. The van der Waals surface area contributed by atoms with Crippen LogP contribution < -0.4 is 4.74 Å². The molecule has 2 rings (SSSR count). The summed E-state index contributed by atoms with van der Waals surface area (Å²) in [5, 5.41) is -0.768. The van der Waals surface area contributed by atoms with E-state index in [9.17, 15) is 13.2 Å². The van der Waals surface area contributed by atoms with Gasteiger partial charge in [-0.25, -0.2) is 13.2 Å². The molecule has 0 spiro atoms. The van der Waals surface area contributed by atoms with Crippen LogP contribution in [0.4, 0.5) is 13.2 Å². The van der Waals surface area contributed by atoms with Crippen LogP contribution >= 0.6 is 11.6 Å². The SMILES string of the molecule is COc1ccc(C(Cl)c2cc(F)c(F)c(F)c2)cc1. The van der Waals surface area contributed by atoms with Gasteiger partial charge in [-0.2, -0.15) is 0 Å². The minimum absolute atomic E-state index is 0.156. The second-order valence-corrected chi connectivity index (χ2v) is 4.37. The molecule has 2 aromatic rings. The average molecular weight is 287 g/mol. The number of ether oxygens (including phenoxy) is 1. The molecule has 0 saturated carbocycles. The van der Waals surface area contributed by atoms with Gasteiger partial charge in [-0.1, -0.05) is 12.1 Å². The van der Waals surface area contributed by atoms with Gasteiger partial charge in [-0.15, -0.1) is 11.6 Å².